The number of nitrogens with one attached hydrogen (secondary N) is 1. The molecule has 2 nitrogen and oxygen atoms in total. The number of amides is 1. The Bertz CT molecular complexity index is 973. The maximum absolute atomic E-state index is 14.4. The summed E-state index contributed by atoms with van der Waals surface area (Å²) in [7, 11) is 0. The van der Waals surface area contributed by atoms with Crippen molar-refractivity contribution in [3.8, 4) is 0 Å². The van der Waals surface area contributed by atoms with Crippen molar-refractivity contribution in [3.63, 3.8) is 0 Å². The Morgan fingerprint density at radius 3 is 2.00 bits per heavy atom. The molecule has 2 rings (SSSR count). The Balaban J connectivity index is 2.53. The van der Waals surface area contributed by atoms with Gasteiger partial charge in [0.05, 0.1) is 0 Å². The fourth-order valence-corrected chi connectivity index (χ4v) is 3.54. The molecule has 1 N–H and O–H groups in total. The third kappa shape index (κ3) is 4.77. The summed E-state index contributed by atoms with van der Waals surface area (Å²) in [5, 5.41) is 2.66. The van der Waals surface area contributed by atoms with Crippen molar-refractivity contribution in [3.05, 3.63) is 63.2 Å². The van der Waals surface area contributed by atoms with Crippen LogP contribution in [0.25, 0.3) is 0 Å². The van der Waals surface area contributed by atoms with Crippen LogP contribution >= 0.6 is 23.2 Å². The minimum absolute atomic E-state index is 0.0134. The van der Waals surface area contributed by atoms with Gasteiger partial charge in [-0.25, -0.2) is 4.39 Å². The van der Waals surface area contributed by atoms with E-state index in [-0.39, 0.29) is 39.7 Å². The zero-order chi connectivity index (χ0) is 23.8. The van der Waals surface area contributed by atoms with Gasteiger partial charge in [0, 0.05) is 27.7 Å². The minimum atomic E-state index is -6.23. The second-order valence-corrected chi connectivity index (χ2v) is 7.40. The lowest BCUT2D eigenvalue weighted by Gasteiger charge is -2.31. The van der Waals surface area contributed by atoms with E-state index >= 15 is 0 Å². The van der Waals surface area contributed by atoms with Gasteiger partial charge in [0.2, 0.25) is 0 Å². The maximum atomic E-state index is 14.4. The van der Waals surface area contributed by atoms with Gasteiger partial charge in [0.25, 0.3) is 5.91 Å². The topological polar surface area (TPSA) is 29.1 Å². The number of anilines is 1. The van der Waals surface area contributed by atoms with E-state index in [0.717, 1.165) is 0 Å². The van der Waals surface area contributed by atoms with Crippen molar-refractivity contribution < 1.29 is 35.5 Å². The molecule has 31 heavy (non-hydrogen) atoms. The van der Waals surface area contributed by atoms with Gasteiger partial charge in [-0.05, 0) is 48.2 Å². The first kappa shape index (κ1) is 25.3. The molecule has 0 saturated heterocycles. The van der Waals surface area contributed by atoms with E-state index in [1.807, 2.05) is 0 Å². The summed E-state index contributed by atoms with van der Waals surface area (Å²) in [5.74, 6) is -0.600. The lowest BCUT2D eigenvalue weighted by Crippen LogP contribution is -2.50. The van der Waals surface area contributed by atoms with E-state index in [2.05, 4.69) is 5.32 Å². The summed E-state index contributed by atoms with van der Waals surface area (Å²) in [4.78, 5) is 12.5. The number of alkyl halides is 8. The summed E-state index contributed by atoms with van der Waals surface area (Å²) in [6, 6.07) is 5.13. The highest BCUT2D eigenvalue weighted by molar-refractivity contribution is 6.32. The summed E-state index contributed by atoms with van der Waals surface area (Å²) in [6.07, 6.45) is -12.5. The second kappa shape index (κ2) is 8.86. The molecule has 2 aromatic carbocycles. The zero-order valence-corrected chi connectivity index (χ0v) is 17.6. The molecule has 2 aromatic rings. The van der Waals surface area contributed by atoms with Crippen molar-refractivity contribution in [2.24, 2.45) is 0 Å². The van der Waals surface area contributed by atoms with Crippen LogP contribution in [-0.4, -0.2) is 18.3 Å². The molecule has 0 saturated carbocycles. The number of hydrogen-bond acceptors (Lipinski definition) is 1. The van der Waals surface area contributed by atoms with Crippen LogP contribution in [0.4, 0.5) is 36.4 Å². The molecule has 0 atom stereocenters. The SMILES string of the molecule is CCc1cc(C(F)(C(F)(F)F)C(F)(F)F)cc(C)c1NC(=O)c1ccc(CCl)c(Cl)c1. The fourth-order valence-electron chi connectivity index (χ4n) is 2.99. The zero-order valence-electron chi connectivity index (χ0n) is 16.1. The van der Waals surface area contributed by atoms with Crippen molar-refractivity contribution in [1.29, 1.82) is 0 Å². The standard InChI is InChI=1S/C20H16Cl2F7NO/c1-3-11-7-14(18(23,19(24,25)26)20(27,28)29)6-10(2)16(11)30-17(31)12-4-5-13(9-21)15(22)8-12/h4-8H,3,9H2,1-2H3,(H,30,31). The molecule has 0 aliphatic carbocycles. The van der Waals surface area contributed by atoms with E-state index in [1.165, 1.54) is 32.0 Å². The van der Waals surface area contributed by atoms with Crippen LogP contribution in [0.5, 0.6) is 0 Å². The van der Waals surface area contributed by atoms with E-state index in [0.29, 0.717) is 17.7 Å². The molecule has 0 aliphatic rings. The van der Waals surface area contributed by atoms with Crippen LogP contribution in [0.15, 0.2) is 30.3 Å². The molecule has 0 heterocycles. The van der Waals surface area contributed by atoms with Gasteiger partial charge in [-0.2, -0.15) is 26.3 Å². The number of carbonyl (C=O) groups is 1. The first-order valence-corrected chi connectivity index (χ1v) is 9.70. The van der Waals surface area contributed by atoms with Crippen molar-refractivity contribution >= 4 is 34.8 Å². The van der Waals surface area contributed by atoms with Crippen LogP contribution in [0.3, 0.4) is 0 Å². The first-order chi connectivity index (χ1) is 14.2. The third-order valence-electron chi connectivity index (χ3n) is 4.67. The average Bonchev–Trinajstić information content (AvgIpc) is 2.66. The predicted molar refractivity (Wildman–Crippen MR) is 104 cm³/mol. The van der Waals surface area contributed by atoms with Crippen molar-refractivity contribution in [2.75, 3.05) is 5.32 Å². The smallest absolute Gasteiger partial charge is 0.321 e. The Morgan fingerprint density at radius 1 is 0.968 bits per heavy atom. The summed E-state index contributed by atoms with van der Waals surface area (Å²) < 4.78 is 93.0. The molecule has 0 fully saturated rings. The largest absolute Gasteiger partial charge is 0.435 e. The predicted octanol–water partition coefficient (Wildman–Crippen LogP) is 7.49. The monoisotopic (exact) mass is 489 g/mol. The highest BCUT2D eigenvalue weighted by Crippen LogP contribution is 2.53. The minimum Gasteiger partial charge on any atom is -0.321 e. The van der Waals surface area contributed by atoms with Crippen molar-refractivity contribution in [1.82, 2.24) is 0 Å². The van der Waals surface area contributed by atoms with Gasteiger partial charge < -0.3 is 5.32 Å². The summed E-state index contributed by atoms with van der Waals surface area (Å²) >= 11 is 11.7. The van der Waals surface area contributed by atoms with Crippen molar-refractivity contribution in [2.45, 2.75) is 44.2 Å². The molecule has 0 aliphatic heterocycles. The molecule has 11 heteroatoms. The van der Waals surface area contributed by atoms with Crippen LogP contribution < -0.4 is 5.32 Å². The Hall–Kier alpha value is -2.00. The molecule has 0 unspecified atom stereocenters. The molecule has 0 aromatic heterocycles. The van der Waals surface area contributed by atoms with E-state index in [1.54, 1.807) is 0 Å². The number of carbonyl (C=O) groups excluding carboxylic acids is 1. The maximum Gasteiger partial charge on any atom is 0.435 e. The van der Waals surface area contributed by atoms with E-state index in [9.17, 15) is 35.5 Å². The molecule has 170 valence electrons. The quantitative estimate of drug-likeness (QED) is 0.342. The van der Waals surface area contributed by atoms with E-state index in [4.69, 9.17) is 23.2 Å². The average molecular weight is 490 g/mol. The second-order valence-electron chi connectivity index (χ2n) is 6.73. The first-order valence-electron chi connectivity index (χ1n) is 8.79. The molecule has 0 bridgehead atoms. The number of aryl methyl sites for hydroxylation is 2. The van der Waals surface area contributed by atoms with Gasteiger partial charge in [0.1, 0.15) is 0 Å². The normalized spacial score (nSPS) is 12.7. The van der Waals surface area contributed by atoms with Crippen LogP contribution in [0.1, 0.15) is 39.5 Å². The third-order valence-corrected chi connectivity index (χ3v) is 5.31. The van der Waals surface area contributed by atoms with Gasteiger partial charge in [-0.3, -0.25) is 4.79 Å². The lowest BCUT2D eigenvalue weighted by molar-refractivity contribution is -0.348. The number of rotatable bonds is 5. The van der Waals surface area contributed by atoms with Gasteiger partial charge in [-0.15, -0.1) is 11.6 Å². The molecular formula is C20H16Cl2F7NO. The lowest BCUT2D eigenvalue weighted by atomic mass is 9.89. The van der Waals surface area contributed by atoms with Crippen LogP contribution in [0, 0.1) is 6.92 Å². The molecular weight excluding hydrogens is 474 g/mol. The molecule has 0 radical (unpaired) electrons. The highest BCUT2D eigenvalue weighted by atomic mass is 35.5. The van der Waals surface area contributed by atoms with Gasteiger partial charge >= 0.3 is 18.0 Å². The fraction of sp³-hybridized carbons (Fsp3) is 0.350. The summed E-state index contributed by atoms with van der Waals surface area (Å²) in [6.45, 7) is 2.62. The van der Waals surface area contributed by atoms with Gasteiger partial charge in [-0.1, -0.05) is 30.7 Å². The molecule has 1 amide bonds. The van der Waals surface area contributed by atoms with E-state index < -0.39 is 29.5 Å². The Kier molecular flexibility index (Phi) is 7.22. The highest BCUT2D eigenvalue weighted by Gasteiger charge is 2.73. The summed E-state index contributed by atoms with van der Waals surface area (Å²) in [5.41, 5.74) is -6.77. The van der Waals surface area contributed by atoms with Gasteiger partial charge in [0.15, 0.2) is 0 Å². The Labute approximate surface area is 183 Å². The number of benzene rings is 2. The Morgan fingerprint density at radius 2 is 1.55 bits per heavy atom. The molecule has 0 spiro atoms. The number of halogens is 9. The number of hydrogen-bond donors (Lipinski definition) is 1. The van der Waals surface area contributed by atoms with Crippen LogP contribution in [-0.2, 0) is 18.0 Å². The van der Waals surface area contributed by atoms with Crippen LogP contribution in [0.2, 0.25) is 5.02 Å².